The quantitative estimate of drug-likeness (QED) is 0.771. The van der Waals surface area contributed by atoms with Gasteiger partial charge in [0, 0.05) is 7.05 Å². The Morgan fingerprint density at radius 1 is 1.35 bits per heavy atom. The van der Waals surface area contributed by atoms with E-state index in [9.17, 15) is 9.59 Å². The fourth-order valence-corrected chi connectivity index (χ4v) is 1.37. The first kappa shape index (κ1) is 11.1. The van der Waals surface area contributed by atoms with Gasteiger partial charge in [-0.05, 0) is 18.2 Å². The summed E-state index contributed by atoms with van der Waals surface area (Å²) in [5, 5.41) is 19.3. The van der Waals surface area contributed by atoms with Crippen molar-refractivity contribution in [3.05, 3.63) is 23.8 Å². The van der Waals surface area contributed by atoms with Crippen LogP contribution in [-0.2, 0) is 11.3 Å². The van der Waals surface area contributed by atoms with Gasteiger partial charge in [-0.2, -0.15) is 15.0 Å². The van der Waals surface area contributed by atoms with Crippen LogP contribution in [0.4, 0.5) is 0 Å². The van der Waals surface area contributed by atoms with E-state index in [0.29, 0.717) is 11.0 Å². The molecule has 2 aromatic rings. The van der Waals surface area contributed by atoms with Crippen molar-refractivity contribution < 1.29 is 14.7 Å². The van der Waals surface area contributed by atoms with Crippen LogP contribution in [0.1, 0.15) is 10.4 Å². The van der Waals surface area contributed by atoms with Crippen molar-refractivity contribution in [1.29, 1.82) is 0 Å². The van der Waals surface area contributed by atoms with Gasteiger partial charge in [-0.3, -0.25) is 4.79 Å². The average molecular weight is 234 g/mol. The van der Waals surface area contributed by atoms with Gasteiger partial charge in [-0.25, -0.2) is 4.79 Å². The van der Waals surface area contributed by atoms with Crippen LogP contribution in [0.5, 0.6) is 0 Å². The summed E-state index contributed by atoms with van der Waals surface area (Å²) in [5.74, 6) is -1.24. The van der Waals surface area contributed by atoms with Crippen molar-refractivity contribution in [2.75, 3.05) is 7.05 Å². The summed E-state index contributed by atoms with van der Waals surface area (Å²) in [6.45, 7) is 0.00752. The Hall–Kier alpha value is -2.44. The van der Waals surface area contributed by atoms with E-state index in [1.807, 2.05) is 0 Å². The second-order valence-electron chi connectivity index (χ2n) is 3.41. The Morgan fingerprint density at radius 3 is 2.71 bits per heavy atom. The van der Waals surface area contributed by atoms with Crippen molar-refractivity contribution in [2.45, 2.75) is 6.54 Å². The Labute approximate surface area is 96.0 Å². The van der Waals surface area contributed by atoms with Gasteiger partial charge in [0.2, 0.25) is 5.91 Å². The average Bonchev–Trinajstić information content (AvgIpc) is 2.69. The molecule has 0 aliphatic carbocycles. The van der Waals surface area contributed by atoms with Crippen LogP contribution in [0.15, 0.2) is 18.2 Å². The van der Waals surface area contributed by atoms with Gasteiger partial charge in [0.05, 0.1) is 5.56 Å². The van der Waals surface area contributed by atoms with Crippen LogP contribution in [-0.4, -0.2) is 39.0 Å². The highest BCUT2D eigenvalue weighted by atomic mass is 16.4. The molecular formula is C10H10N4O3. The summed E-state index contributed by atoms with van der Waals surface area (Å²) >= 11 is 0. The standard InChI is InChI=1S/C10H10N4O3/c1-11-9(15)5-14-12-7-3-2-6(10(16)17)4-8(7)13-14/h2-4H,5H2,1H3,(H,11,15)(H,16,17). The summed E-state index contributed by atoms with van der Waals surface area (Å²) in [6, 6.07) is 4.43. The monoisotopic (exact) mass is 234 g/mol. The predicted octanol–water partition coefficient (Wildman–Crippen LogP) is -0.125. The third kappa shape index (κ3) is 2.22. The zero-order chi connectivity index (χ0) is 12.4. The molecule has 17 heavy (non-hydrogen) atoms. The minimum atomic E-state index is -1.02. The Kier molecular flexibility index (Phi) is 2.73. The number of nitrogens with one attached hydrogen (secondary N) is 1. The maximum absolute atomic E-state index is 11.1. The maximum atomic E-state index is 11.1. The predicted molar refractivity (Wildman–Crippen MR) is 58.6 cm³/mol. The van der Waals surface area contributed by atoms with Crippen LogP contribution in [0.2, 0.25) is 0 Å². The summed E-state index contributed by atoms with van der Waals surface area (Å²) in [5.41, 5.74) is 1.15. The van der Waals surface area contributed by atoms with Gasteiger partial charge in [0.25, 0.3) is 0 Å². The summed E-state index contributed by atoms with van der Waals surface area (Å²) < 4.78 is 0. The molecule has 2 rings (SSSR count). The van der Waals surface area contributed by atoms with E-state index in [4.69, 9.17) is 5.11 Å². The van der Waals surface area contributed by atoms with Crippen LogP contribution < -0.4 is 5.32 Å². The number of carboxylic acid groups (broad SMARTS) is 1. The van der Waals surface area contributed by atoms with Crippen molar-refractivity contribution >= 4 is 22.9 Å². The first-order chi connectivity index (χ1) is 8.10. The highest BCUT2D eigenvalue weighted by molar-refractivity contribution is 5.92. The number of likely N-dealkylation sites (N-methyl/N-ethyl adjacent to an activating group) is 1. The minimum absolute atomic E-state index is 0.00752. The van der Waals surface area contributed by atoms with Gasteiger partial charge in [0.15, 0.2) is 0 Å². The Morgan fingerprint density at radius 2 is 2.06 bits per heavy atom. The summed E-state index contributed by atoms with van der Waals surface area (Å²) in [6.07, 6.45) is 0. The second-order valence-corrected chi connectivity index (χ2v) is 3.41. The number of benzene rings is 1. The fraction of sp³-hybridized carbons (Fsp3) is 0.200. The first-order valence-corrected chi connectivity index (χ1v) is 4.89. The van der Waals surface area contributed by atoms with Crippen LogP contribution >= 0.6 is 0 Å². The lowest BCUT2D eigenvalue weighted by Gasteiger charge is -1.96. The molecule has 0 bridgehead atoms. The highest BCUT2D eigenvalue weighted by Crippen LogP contribution is 2.11. The molecule has 0 saturated carbocycles. The Bertz CT molecular complexity index is 590. The van der Waals surface area contributed by atoms with E-state index in [2.05, 4.69) is 15.5 Å². The Balaban J connectivity index is 2.37. The van der Waals surface area contributed by atoms with Crippen LogP contribution in [0.25, 0.3) is 11.0 Å². The molecular weight excluding hydrogens is 224 g/mol. The van der Waals surface area contributed by atoms with Crippen molar-refractivity contribution in [3.63, 3.8) is 0 Å². The second kappa shape index (κ2) is 4.20. The van der Waals surface area contributed by atoms with E-state index in [0.717, 1.165) is 0 Å². The lowest BCUT2D eigenvalue weighted by Crippen LogP contribution is -2.24. The van der Waals surface area contributed by atoms with E-state index in [-0.39, 0.29) is 18.0 Å². The first-order valence-electron chi connectivity index (χ1n) is 4.89. The fourth-order valence-electron chi connectivity index (χ4n) is 1.37. The highest BCUT2D eigenvalue weighted by Gasteiger charge is 2.09. The molecule has 2 N–H and O–H groups in total. The molecule has 0 radical (unpaired) electrons. The number of nitrogens with zero attached hydrogens (tertiary/aromatic N) is 3. The number of hydrogen-bond acceptors (Lipinski definition) is 4. The number of carboxylic acids is 1. The number of amides is 1. The molecule has 7 heteroatoms. The molecule has 0 fully saturated rings. The number of fused-ring (bicyclic) bond motifs is 1. The largest absolute Gasteiger partial charge is 0.478 e. The molecule has 7 nitrogen and oxygen atoms in total. The molecule has 0 atom stereocenters. The third-order valence-corrected chi connectivity index (χ3v) is 2.23. The lowest BCUT2D eigenvalue weighted by atomic mass is 10.2. The topological polar surface area (TPSA) is 97.1 Å². The van der Waals surface area contributed by atoms with Crippen molar-refractivity contribution in [3.8, 4) is 0 Å². The smallest absolute Gasteiger partial charge is 0.335 e. The van der Waals surface area contributed by atoms with Gasteiger partial charge >= 0.3 is 5.97 Å². The van der Waals surface area contributed by atoms with Crippen LogP contribution in [0, 0.1) is 0 Å². The number of hydrogen-bond donors (Lipinski definition) is 2. The lowest BCUT2D eigenvalue weighted by molar-refractivity contribution is -0.121. The molecule has 88 valence electrons. The van der Waals surface area contributed by atoms with E-state index < -0.39 is 5.97 Å². The zero-order valence-corrected chi connectivity index (χ0v) is 9.04. The number of aromatic carboxylic acids is 1. The minimum Gasteiger partial charge on any atom is -0.478 e. The van der Waals surface area contributed by atoms with Crippen molar-refractivity contribution in [2.24, 2.45) is 0 Å². The molecule has 0 unspecified atom stereocenters. The third-order valence-electron chi connectivity index (χ3n) is 2.23. The summed E-state index contributed by atoms with van der Waals surface area (Å²) in [7, 11) is 1.52. The number of carbonyl (C=O) groups is 2. The summed E-state index contributed by atoms with van der Waals surface area (Å²) in [4.78, 5) is 23.1. The molecule has 1 amide bonds. The molecule has 0 saturated heterocycles. The molecule has 0 spiro atoms. The number of rotatable bonds is 3. The molecule has 1 heterocycles. The SMILES string of the molecule is CNC(=O)Cn1nc2ccc(C(=O)O)cc2n1. The molecule has 1 aromatic carbocycles. The van der Waals surface area contributed by atoms with E-state index in [1.165, 1.54) is 24.0 Å². The number of aromatic nitrogens is 3. The van der Waals surface area contributed by atoms with Gasteiger partial charge < -0.3 is 10.4 Å². The van der Waals surface area contributed by atoms with Gasteiger partial charge in [-0.1, -0.05) is 0 Å². The van der Waals surface area contributed by atoms with Gasteiger partial charge in [0.1, 0.15) is 17.6 Å². The molecule has 0 aliphatic heterocycles. The van der Waals surface area contributed by atoms with E-state index >= 15 is 0 Å². The van der Waals surface area contributed by atoms with Crippen molar-refractivity contribution in [1.82, 2.24) is 20.3 Å². The number of carbonyl (C=O) groups excluding carboxylic acids is 1. The van der Waals surface area contributed by atoms with E-state index in [1.54, 1.807) is 6.07 Å². The molecule has 0 aliphatic rings. The maximum Gasteiger partial charge on any atom is 0.335 e. The van der Waals surface area contributed by atoms with Crippen LogP contribution in [0.3, 0.4) is 0 Å². The van der Waals surface area contributed by atoms with Gasteiger partial charge in [-0.15, -0.1) is 0 Å². The normalized spacial score (nSPS) is 10.4. The zero-order valence-electron chi connectivity index (χ0n) is 9.04. The molecule has 1 aromatic heterocycles.